The Morgan fingerprint density at radius 3 is 2.40 bits per heavy atom. The van der Waals surface area contributed by atoms with Crippen molar-refractivity contribution in [3.63, 3.8) is 0 Å². The van der Waals surface area contributed by atoms with Crippen molar-refractivity contribution in [2.75, 3.05) is 17.7 Å². The third kappa shape index (κ3) is 4.44. The second-order valence-corrected chi connectivity index (χ2v) is 7.42. The van der Waals surface area contributed by atoms with Gasteiger partial charge in [-0.05, 0) is 48.0 Å². The lowest BCUT2D eigenvalue weighted by molar-refractivity contribution is -0.114. The first-order valence-electron chi connectivity index (χ1n) is 9.19. The number of methoxy groups -OCH3 is 1. The van der Waals surface area contributed by atoms with Crippen LogP contribution < -0.4 is 15.4 Å². The van der Waals surface area contributed by atoms with Gasteiger partial charge in [-0.2, -0.15) is 0 Å². The molecule has 4 aromatic rings. The third-order valence-electron chi connectivity index (χ3n) is 4.34. The molecule has 0 bridgehead atoms. The van der Waals surface area contributed by atoms with E-state index in [0.29, 0.717) is 5.13 Å². The second-order valence-electron chi connectivity index (χ2n) is 6.45. The van der Waals surface area contributed by atoms with E-state index in [1.54, 1.807) is 13.3 Å². The van der Waals surface area contributed by atoms with Crippen molar-refractivity contribution in [2.24, 2.45) is 0 Å². The van der Waals surface area contributed by atoms with Crippen LogP contribution in [0.25, 0.3) is 21.7 Å². The summed E-state index contributed by atoms with van der Waals surface area (Å²) >= 11 is 1.33. The Bertz CT molecular complexity index is 1160. The molecule has 0 aliphatic carbocycles. The molecule has 0 aliphatic rings. The monoisotopic (exact) mass is 417 g/mol. The maximum Gasteiger partial charge on any atom is 0.223 e. The summed E-state index contributed by atoms with van der Waals surface area (Å²) in [5.74, 6) is 0.647. The summed E-state index contributed by atoms with van der Waals surface area (Å²) in [4.78, 5) is 15.4. The van der Waals surface area contributed by atoms with Gasteiger partial charge in [0.2, 0.25) is 11.0 Å². The normalized spacial score (nSPS) is 10.5. The lowest BCUT2D eigenvalue weighted by Gasteiger charge is -2.12. The quantitative estimate of drug-likeness (QED) is 0.460. The molecule has 0 fully saturated rings. The average Bonchev–Trinajstić information content (AvgIpc) is 3.22. The first kappa shape index (κ1) is 19.5. The smallest absolute Gasteiger partial charge is 0.223 e. The van der Waals surface area contributed by atoms with E-state index in [0.717, 1.165) is 38.8 Å². The number of nitrogens with one attached hydrogen (secondary N) is 2. The summed E-state index contributed by atoms with van der Waals surface area (Å²) in [5.41, 5.74) is 4.86. The minimum atomic E-state index is -0.165. The van der Waals surface area contributed by atoms with Crippen molar-refractivity contribution in [1.82, 2.24) is 15.2 Å². The van der Waals surface area contributed by atoms with E-state index in [2.05, 4.69) is 25.8 Å². The molecule has 2 aromatic carbocycles. The second kappa shape index (κ2) is 8.71. The topological polar surface area (TPSA) is 89.0 Å². The number of rotatable bonds is 6. The number of carbonyl (C=O) groups excluding carboxylic acids is 1. The SMILES string of the molecule is COc1ccc(-c2cnccc2Nc2ccc(-c3nnc(NC(C)=O)s3)cc2)cc1. The zero-order valence-electron chi connectivity index (χ0n) is 16.4. The molecular formula is C22H19N5O2S. The number of hydrogen-bond donors (Lipinski definition) is 2. The number of ether oxygens (including phenoxy) is 1. The number of nitrogens with zero attached hydrogens (tertiary/aromatic N) is 3. The largest absolute Gasteiger partial charge is 0.497 e. The lowest BCUT2D eigenvalue weighted by Crippen LogP contribution is -2.04. The molecule has 0 saturated heterocycles. The van der Waals surface area contributed by atoms with Gasteiger partial charge < -0.3 is 15.4 Å². The first-order chi connectivity index (χ1) is 14.6. The minimum Gasteiger partial charge on any atom is -0.497 e. The van der Waals surface area contributed by atoms with Crippen LogP contribution in [0.2, 0.25) is 0 Å². The molecular weight excluding hydrogens is 398 g/mol. The molecule has 7 nitrogen and oxygen atoms in total. The summed E-state index contributed by atoms with van der Waals surface area (Å²) in [5, 5.41) is 15.4. The van der Waals surface area contributed by atoms with Crippen molar-refractivity contribution in [1.29, 1.82) is 0 Å². The Kier molecular flexibility index (Phi) is 5.67. The summed E-state index contributed by atoms with van der Waals surface area (Å²) in [6.07, 6.45) is 3.60. The van der Waals surface area contributed by atoms with Crippen LogP contribution in [0.5, 0.6) is 5.75 Å². The molecule has 0 unspecified atom stereocenters. The highest BCUT2D eigenvalue weighted by atomic mass is 32.1. The van der Waals surface area contributed by atoms with Crippen LogP contribution in [0.15, 0.2) is 67.0 Å². The predicted molar refractivity (Wildman–Crippen MR) is 119 cm³/mol. The highest BCUT2D eigenvalue weighted by Crippen LogP contribution is 2.32. The lowest BCUT2D eigenvalue weighted by atomic mass is 10.1. The molecule has 8 heteroatoms. The Morgan fingerprint density at radius 2 is 1.70 bits per heavy atom. The van der Waals surface area contributed by atoms with E-state index >= 15 is 0 Å². The van der Waals surface area contributed by atoms with Gasteiger partial charge in [0.15, 0.2) is 0 Å². The van der Waals surface area contributed by atoms with Gasteiger partial charge in [0.05, 0.1) is 7.11 Å². The third-order valence-corrected chi connectivity index (χ3v) is 5.23. The Balaban J connectivity index is 1.54. The number of benzene rings is 2. The van der Waals surface area contributed by atoms with Crippen LogP contribution in [0, 0.1) is 0 Å². The highest BCUT2D eigenvalue weighted by molar-refractivity contribution is 7.18. The number of amides is 1. The standard InChI is InChI=1S/C22H19N5O2S/c1-14(28)24-22-27-26-21(30-22)16-3-7-17(8-4-16)25-20-11-12-23-13-19(20)15-5-9-18(29-2)10-6-15/h3-13H,1-2H3,(H,23,25)(H,24,27,28). The van der Waals surface area contributed by atoms with Crippen LogP contribution in [0.4, 0.5) is 16.5 Å². The zero-order chi connectivity index (χ0) is 20.9. The highest BCUT2D eigenvalue weighted by Gasteiger charge is 2.09. The van der Waals surface area contributed by atoms with Gasteiger partial charge in [-0.25, -0.2) is 0 Å². The van der Waals surface area contributed by atoms with E-state index in [1.165, 1.54) is 18.3 Å². The average molecular weight is 417 g/mol. The van der Waals surface area contributed by atoms with Gasteiger partial charge in [0.25, 0.3) is 0 Å². The minimum absolute atomic E-state index is 0.165. The zero-order valence-corrected chi connectivity index (χ0v) is 17.2. The van der Waals surface area contributed by atoms with Gasteiger partial charge in [-0.3, -0.25) is 9.78 Å². The van der Waals surface area contributed by atoms with Gasteiger partial charge in [0.1, 0.15) is 10.8 Å². The van der Waals surface area contributed by atoms with E-state index in [-0.39, 0.29) is 5.91 Å². The molecule has 2 N–H and O–H groups in total. The molecule has 4 rings (SSSR count). The number of aromatic nitrogens is 3. The number of anilines is 3. The molecule has 0 saturated carbocycles. The van der Waals surface area contributed by atoms with Crippen LogP contribution in [-0.4, -0.2) is 28.2 Å². The van der Waals surface area contributed by atoms with Crippen molar-refractivity contribution < 1.29 is 9.53 Å². The fraction of sp³-hybridized carbons (Fsp3) is 0.0909. The summed E-state index contributed by atoms with van der Waals surface area (Å²) in [6, 6.07) is 17.7. The molecule has 0 atom stereocenters. The molecule has 2 heterocycles. The maximum atomic E-state index is 11.1. The van der Waals surface area contributed by atoms with Gasteiger partial charge in [-0.1, -0.05) is 23.5 Å². The Labute approximate surface area is 177 Å². The van der Waals surface area contributed by atoms with E-state index < -0.39 is 0 Å². The molecule has 0 aliphatic heterocycles. The molecule has 2 aromatic heterocycles. The van der Waals surface area contributed by atoms with Crippen molar-refractivity contribution in [3.05, 3.63) is 67.0 Å². The van der Waals surface area contributed by atoms with Crippen LogP contribution >= 0.6 is 11.3 Å². The van der Waals surface area contributed by atoms with Crippen molar-refractivity contribution in [2.45, 2.75) is 6.92 Å². The van der Waals surface area contributed by atoms with E-state index in [1.807, 2.05) is 60.8 Å². The molecule has 0 radical (unpaired) electrons. The van der Waals surface area contributed by atoms with Crippen molar-refractivity contribution in [3.8, 4) is 27.4 Å². The van der Waals surface area contributed by atoms with E-state index in [4.69, 9.17) is 4.74 Å². The first-order valence-corrected chi connectivity index (χ1v) is 10.0. The summed E-state index contributed by atoms with van der Waals surface area (Å²) in [7, 11) is 1.65. The molecule has 150 valence electrons. The predicted octanol–water partition coefficient (Wildman–Crippen LogP) is 4.98. The summed E-state index contributed by atoms with van der Waals surface area (Å²) < 4.78 is 5.24. The molecule has 0 spiro atoms. The van der Waals surface area contributed by atoms with Crippen LogP contribution in [0.1, 0.15) is 6.92 Å². The number of carbonyl (C=O) groups is 1. The Hall–Kier alpha value is -3.78. The Morgan fingerprint density at radius 1 is 0.967 bits per heavy atom. The number of pyridine rings is 1. The molecule has 1 amide bonds. The fourth-order valence-corrected chi connectivity index (χ4v) is 3.69. The van der Waals surface area contributed by atoms with E-state index in [9.17, 15) is 4.79 Å². The molecule has 30 heavy (non-hydrogen) atoms. The van der Waals surface area contributed by atoms with Crippen LogP contribution in [-0.2, 0) is 4.79 Å². The van der Waals surface area contributed by atoms with Crippen LogP contribution in [0.3, 0.4) is 0 Å². The maximum absolute atomic E-state index is 11.1. The fourth-order valence-electron chi connectivity index (χ4n) is 2.90. The summed E-state index contributed by atoms with van der Waals surface area (Å²) in [6.45, 7) is 1.45. The van der Waals surface area contributed by atoms with Gasteiger partial charge >= 0.3 is 0 Å². The van der Waals surface area contributed by atoms with Gasteiger partial charge in [-0.15, -0.1) is 10.2 Å². The van der Waals surface area contributed by atoms with Gasteiger partial charge in [0, 0.05) is 41.8 Å². The number of hydrogen-bond acceptors (Lipinski definition) is 7. The van der Waals surface area contributed by atoms with Crippen molar-refractivity contribution >= 4 is 33.8 Å².